The van der Waals surface area contributed by atoms with Crippen LogP contribution in [0.2, 0.25) is 0 Å². The summed E-state index contributed by atoms with van der Waals surface area (Å²) in [5.41, 5.74) is 7.48. The summed E-state index contributed by atoms with van der Waals surface area (Å²) in [6, 6.07) is 8.12. The molecule has 1 atom stereocenters. The number of hydrogen-bond donors (Lipinski definition) is 2. The van der Waals surface area contributed by atoms with Gasteiger partial charge >= 0.3 is 0 Å². The molecule has 0 aliphatic carbocycles. The normalized spacial score (nSPS) is 12.5. The number of pyridine rings is 1. The van der Waals surface area contributed by atoms with Crippen molar-refractivity contribution in [2.45, 2.75) is 39.8 Å². The molecule has 0 saturated carbocycles. The van der Waals surface area contributed by atoms with E-state index in [1.807, 2.05) is 26.1 Å². The molecule has 0 spiro atoms. The standard InChI is InChI=1S/C17H23N3O/c1-11(2)21-15-8-14(9-19-10-15)17(20-18)16-12(3)6-5-7-13(16)4/h5-11,17,20H,18H2,1-4H3. The smallest absolute Gasteiger partial charge is 0.138 e. The second kappa shape index (κ2) is 6.70. The quantitative estimate of drug-likeness (QED) is 0.655. The Labute approximate surface area is 126 Å². The van der Waals surface area contributed by atoms with Crippen LogP contribution in [0.25, 0.3) is 0 Å². The summed E-state index contributed by atoms with van der Waals surface area (Å²) in [4.78, 5) is 4.27. The number of aromatic nitrogens is 1. The lowest BCUT2D eigenvalue weighted by Crippen LogP contribution is -2.30. The minimum atomic E-state index is -0.102. The van der Waals surface area contributed by atoms with E-state index in [-0.39, 0.29) is 12.1 Å². The second-order valence-electron chi connectivity index (χ2n) is 5.53. The van der Waals surface area contributed by atoms with Gasteiger partial charge in [0.05, 0.1) is 18.3 Å². The lowest BCUT2D eigenvalue weighted by Gasteiger charge is -2.21. The molecule has 2 rings (SSSR count). The molecule has 0 amide bonds. The van der Waals surface area contributed by atoms with Gasteiger partial charge in [0.2, 0.25) is 0 Å². The van der Waals surface area contributed by atoms with E-state index in [0.717, 1.165) is 11.3 Å². The fourth-order valence-corrected chi connectivity index (χ4v) is 2.56. The summed E-state index contributed by atoms with van der Waals surface area (Å²) in [7, 11) is 0. The molecule has 1 unspecified atom stereocenters. The van der Waals surface area contributed by atoms with E-state index in [4.69, 9.17) is 10.6 Å². The van der Waals surface area contributed by atoms with Gasteiger partial charge in [0, 0.05) is 6.20 Å². The van der Waals surface area contributed by atoms with Crippen LogP contribution in [0.4, 0.5) is 0 Å². The maximum Gasteiger partial charge on any atom is 0.138 e. The lowest BCUT2D eigenvalue weighted by atomic mass is 9.92. The molecule has 2 aromatic rings. The minimum absolute atomic E-state index is 0.102. The first-order chi connectivity index (χ1) is 10.0. The van der Waals surface area contributed by atoms with Crippen LogP contribution in [0.5, 0.6) is 5.75 Å². The molecule has 4 nitrogen and oxygen atoms in total. The molecule has 0 aliphatic rings. The van der Waals surface area contributed by atoms with Crippen molar-refractivity contribution in [3.63, 3.8) is 0 Å². The zero-order valence-electron chi connectivity index (χ0n) is 13.1. The van der Waals surface area contributed by atoms with Gasteiger partial charge in [-0.2, -0.15) is 0 Å². The molecule has 4 heteroatoms. The molecule has 112 valence electrons. The molecule has 0 aliphatic heterocycles. The molecule has 0 radical (unpaired) electrons. The van der Waals surface area contributed by atoms with Crippen molar-refractivity contribution in [1.82, 2.24) is 10.4 Å². The lowest BCUT2D eigenvalue weighted by molar-refractivity contribution is 0.241. The van der Waals surface area contributed by atoms with E-state index in [9.17, 15) is 0 Å². The first kappa shape index (κ1) is 15.5. The molecule has 0 bridgehead atoms. The Morgan fingerprint density at radius 1 is 1.14 bits per heavy atom. The van der Waals surface area contributed by atoms with Crippen LogP contribution >= 0.6 is 0 Å². The van der Waals surface area contributed by atoms with Crippen LogP contribution in [0, 0.1) is 13.8 Å². The van der Waals surface area contributed by atoms with E-state index in [0.29, 0.717) is 0 Å². The highest BCUT2D eigenvalue weighted by Gasteiger charge is 2.18. The minimum Gasteiger partial charge on any atom is -0.489 e. The predicted molar refractivity (Wildman–Crippen MR) is 85.1 cm³/mol. The average Bonchev–Trinajstić information content (AvgIpc) is 2.42. The predicted octanol–water partition coefficient (Wildman–Crippen LogP) is 3.04. The fraction of sp³-hybridized carbons (Fsp3) is 0.353. The van der Waals surface area contributed by atoms with Gasteiger partial charge in [-0.1, -0.05) is 18.2 Å². The average molecular weight is 285 g/mol. The number of nitrogens with zero attached hydrogens (tertiary/aromatic N) is 1. The fourth-order valence-electron chi connectivity index (χ4n) is 2.56. The number of benzene rings is 1. The Hall–Kier alpha value is -1.91. The van der Waals surface area contributed by atoms with Crippen molar-refractivity contribution in [1.29, 1.82) is 0 Å². The van der Waals surface area contributed by atoms with Crippen LogP contribution in [0.1, 0.15) is 42.1 Å². The van der Waals surface area contributed by atoms with E-state index < -0.39 is 0 Å². The van der Waals surface area contributed by atoms with E-state index in [1.165, 1.54) is 16.7 Å². The number of hydrogen-bond acceptors (Lipinski definition) is 4. The van der Waals surface area contributed by atoms with Crippen molar-refractivity contribution in [3.8, 4) is 5.75 Å². The van der Waals surface area contributed by atoms with Gasteiger partial charge in [0.25, 0.3) is 0 Å². The number of nitrogens with one attached hydrogen (secondary N) is 1. The molecule has 1 aromatic carbocycles. The maximum atomic E-state index is 5.81. The van der Waals surface area contributed by atoms with Crippen LogP contribution in [-0.4, -0.2) is 11.1 Å². The molecule has 21 heavy (non-hydrogen) atoms. The first-order valence-corrected chi connectivity index (χ1v) is 7.16. The molecular formula is C17H23N3O. The molecule has 0 fully saturated rings. The highest BCUT2D eigenvalue weighted by atomic mass is 16.5. The van der Waals surface area contributed by atoms with Crippen molar-refractivity contribution in [3.05, 3.63) is 58.9 Å². The third kappa shape index (κ3) is 3.60. The number of ether oxygens (including phenoxy) is 1. The number of aryl methyl sites for hydroxylation is 2. The Bertz CT molecular complexity index is 590. The van der Waals surface area contributed by atoms with Crippen LogP contribution < -0.4 is 16.0 Å². The SMILES string of the molecule is Cc1cccc(C)c1C(NN)c1cncc(OC(C)C)c1. The Morgan fingerprint density at radius 3 is 2.38 bits per heavy atom. The topological polar surface area (TPSA) is 60.2 Å². The number of rotatable bonds is 5. The third-order valence-corrected chi connectivity index (χ3v) is 3.44. The second-order valence-corrected chi connectivity index (χ2v) is 5.53. The Balaban J connectivity index is 2.42. The largest absolute Gasteiger partial charge is 0.489 e. The van der Waals surface area contributed by atoms with Crippen molar-refractivity contribution in [2.24, 2.45) is 5.84 Å². The monoisotopic (exact) mass is 285 g/mol. The van der Waals surface area contributed by atoms with Crippen LogP contribution in [0.15, 0.2) is 36.7 Å². The van der Waals surface area contributed by atoms with Crippen molar-refractivity contribution < 1.29 is 4.74 Å². The first-order valence-electron chi connectivity index (χ1n) is 7.16. The summed E-state index contributed by atoms with van der Waals surface area (Å²) >= 11 is 0. The summed E-state index contributed by atoms with van der Waals surface area (Å²) in [6.07, 6.45) is 3.66. The summed E-state index contributed by atoms with van der Waals surface area (Å²) in [5.74, 6) is 6.57. The zero-order valence-corrected chi connectivity index (χ0v) is 13.1. The Morgan fingerprint density at radius 2 is 1.81 bits per heavy atom. The van der Waals surface area contributed by atoms with E-state index in [2.05, 4.69) is 42.5 Å². The van der Waals surface area contributed by atoms with Gasteiger partial charge in [-0.05, 0) is 56.0 Å². The highest BCUT2D eigenvalue weighted by Crippen LogP contribution is 2.28. The summed E-state index contributed by atoms with van der Waals surface area (Å²) in [5, 5.41) is 0. The van der Waals surface area contributed by atoms with Gasteiger partial charge in [-0.3, -0.25) is 10.8 Å². The number of hydrazine groups is 1. The molecular weight excluding hydrogens is 262 g/mol. The summed E-state index contributed by atoms with van der Waals surface area (Å²) in [6.45, 7) is 8.18. The van der Waals surface area contributed by atoms with Crippen molar-refractivity contribution >= 4 is 0 Å². The Kier molecular flexibility index (Phi) is 4.94. The molecule has 1 aromatic heterocycles. The highest BCUT2D eigenvalue weighted by molar-refractivity contribution is 5.42. The van der Waals surface area contributed by atoms with Gasteiger partial charge in [-0.15, -0.1) is 0 Å². The van der Waals surface area contributed by atoms with Gasteiger partial charge in [-0.25, -0.2) is 5.43 Å². The number of nitrogens with two attached hydrogens (primary N) is 1. The van der Waals surface area contributed by atoms with E-state index in [1.54, 1.807) is 6.20 Å². The van der Waals surface area contributed by atoms with Gasteiger partial charge < -0.3 is 4.74 Å². The van der Waals surface area contributed by atoms with Gasteiger partial charge in [0.15, 0.2) is 0 Å². The molecule has 0 saturated heterocycles. The maximum absolute atomic E-state index is 5.81. The third-order valence-electron chi connectivity index (χ3n) is 3.44. The summed E-state index contributed by atoms with van der Waals surface area (Å²) < 4.78 is 5.71. The molecule has 3 N–H and O–H groups in total. The van der Waals surface area contributed by atoms with E-state index >= 15 is 0 Å². The van der Waals surface area contributed by atoms with Gasteiger partial charge in [0.1, 0.15) is 5.75 Å². The van der Waals surface area contributed by atoms with Crippen LogP contribution in [-0.2, 0) is 0 Å². The van der Waals surface area contributed by atoms with Crippen LogP contribution in [0.3, 0.4) is 0 Å². The molecule has 1 heterocycles. The van der Waals surface area contributed by atoms with Crippen molar-refractivity contribution in [2.75, 3.05) is 0 Å². The zero-order chi connectivity index (χ0) is 15.4.